The first-order chi connectivity index (χ1) is 18.9. The van der Waals surface area contributed by atoms with E-state index in [1.165, 1.54) is 4.90 Å². The molecule has 0 aromatic carbocycles. The van der Waals surface area contributed by atoms with E-state index < -0.39 is 47.7 Å². The van der Waals surface area contributed by atoms with Crippen molar-refractivity contribution in [3.63, 3.8) is 0 Å². The Hall–Kier alpha value is -2.72. The number of allylic oxidation sites excluding steroid dienone is 1. The van der Waals surface area contributed by atoms with E-state index in [1.54, 1.807) is 24.0 Å². The van der Waals surface area contributed by atoms with Gasteiger partial charge in [0.15, 0.2) is 0 Å². The van der Waals surface area contributed by atoms with Gasteiger partial charge >= 0.3 is 5.97 Å². The molecule has 0 unspecified atom stereocenters. The zero-order valence-corrected chi connectivity index (χ0v) is 24.6. The molecular formula is C30H47N3O7. The number of aliphatic hydroxyl groups excluding tert-OH is 1. The van der Waals surface area contributed by atoms with Crippen LogP contribution >= 0.6 is 0 Å². The molecule has 2 bridgehead atoms. The van der Waals surface area contributed by atoms with Crippen LogP contribution in [0.25, 0.3) is 0 Å². The molecule has 10 heteroatoms. The number of rotatable bonds is 15. The number of aliphatic hydroxyl groups is 1. The summed E-state index contributed by atoms with van der Waals surface area (Å²) in [7, 11) is 0. The molecule has 3 rings (SSSR count). The SMILES string of the molecule is C=CCCC(=O)NC[C@@H](C)OC(=O)[C@@H]1[C@H]2C(=O)N([C@@H](CO)CC(C)C)[C@H](C(=O)N(CC=C)C(C)C)[C@]23CC[C@H]1O3. The maximum absolute atomic E-state index is 14.2. The fourth-order valence-corrected chi connectivity index (χ4v) is 6.60. The smallest absolute Gasteiger partial charge is 0.312 e. The van der Waals surface area contributed by atoms with Gasteiger partial charge in [-0.3, -0.25) is 19.2 Å². The Balaban J connectivity index is 1.91. The second-order valence-corrected chi connectivity index (χ2v) is 12.0. The molecule has 3 heterocycles. The van der Waals surface area contributed by atoms with Crippen molar-refractivity contribution in [1.82, 2.24) is 15.1 Å². The highest BCUT2D eigenvalue weighted by atomic mass is 16.6. The topological polar surface area (TPSA) is 125 Å². The zero-order valence-electron chi connectivity index (χ0n) is 24.6. The van der Waals surface area contributed by atoms with Gasteiger partial charge in [0, 0.05) is 19.0 Å². The van der Waals surface area contributed by atoms with Crippen molar-refractivity contribution < 1.29 is 33.8 Å². The van der Waals surface area contributed by atoms with Gasteiger partial charge in [-0.15, -0.1) is 13.2 Å². The minimum atomic E-state index is -1.18. The molecule has 0 saturated carbocycles. The van der Waals surface area contributed by atoms with Gasteiger partial charge in [0.25, 0.3) is 0 Å². The van der Waals surface area contributed by atoms with Crippen LogP contribution in [-0.4, -0.2) is 94.2 Å². The first-order valence-electron chi connectivity index (χ1n) is 14.5. The van der Waals surface area contributed by atoms with Gasteiger partial charge in [-0.1, -0.05) is 26.0 Å². The normalized spacial score (nSPS) is 28.4. The van der Waals surface area contributed by atoms with Gasteiger partial charge in [-0.05, 0) is 52.4 Å². The third-order valence-electron chi connectivity index (χ3n) is 8.30. The number of carbonyl (C=O) groups excluding carboxylic acids is 4. The summed E-state index contributed by atoms with van der Waals surface area (Å²) in [5.41, 5.74) is -1.18. The second-order valence-electron chi connectivity index (χ2n) is 12.0. The van der Waals surface area contributed by atoms with Gasteiger partial charge in [0.1, 0.15) is 17.7 Å². The minimum absolute atomic E-state index is 0.142. The molecule has 3 amide bonds. The number of fused-ring (bicyclic) bond motifs is 1. The Morgan fingerprint density at radius 2 is 1.93 bits per heavy atom. The van der Waals surface area contributed by atoms with Crippen LogP contribution in [-0.2, 0) is 28.7 Å². The van der Waals surface area contributed by atoms with E-state index in [2.05, 4.69) is 18.5 Å². The van der Waals surface area contributed by atoms with E-state index in [4.69, 9.17) is 9.47 Å². The summed E-state index contributed by atoms with van der Waals surface area (Å²) in [6.45, 7) is 17.0. The van der Waals surface area contributed by atoms with Crippen LogP contribution in [0.2, 0.25) is 0 Å². The van der Waals surface area contributed by atoms with Crippen molar-refractivity contribution in [2.75, 3.05) is 19.7 Å². The predicted molar refractivity (Wildman–Crippen MR) is 150 cm³/mol. The van der Waals surface area contributed by atoms with Crippen LogP contribution < -0.4 is 5.32 Å². The van der Waals surface area contributed by atoms with Crippen LogP contribution in [0, 0.1) is 17.8 Å². The highest BCUT2D eigenvalue weighted by molar-refractivity contribution is 5.98. The van der Waals surface area contributed by atoms with Gasteiger partial charge in [-0.25, -0.2) is 0 Å². The number of esters is 1. The number of likely N-dealkylation sites (tertiary alicyclic amines) is 1. The van der Waals surface area contributed by atoms with E-state index in [-0.39, 0.29) is 42.8 Å². The lowest BCUT2D eigenvalue weighted by Gasteiger charge is -2.40. The summed E-state index contributed by atoms with van der Waals surface area (Å²) in [5.74, 6) is -2.95. The number of ether oxygens (including phenoxy) is 2. The van der Waals surface area contributed by atoms with E-state index in [9.17, 15) is 24.3 Å². The van der Waals surface area contributed by atoms with Crippen molar-refractivity contribution >= 4 is 23.7 Å². The molecule has 10 nitrogen and oxygen atoms in total. The summed E-state index contributed by atoms with van der Waals surface area (Å²) in [4.78, 5) is 57.1. The van der Waals surface area contributed by atoms with E-state index >= 15 is 0 Å². The van der Waals surface area contributed by atoms with Gasteiger partial charge < -0.3 is 29.7 Å². The largest absolute Gasteiger partial charge is 0.460 e. The van der Waals surface area contributed by atoms with Crippen molar-refractivity contribution in [3.8, 4) is 0 Å². The maximum Gasteiger partial charge on any atom is 0.312 e. The fourth-order valence-electron chi connectivity index (χ4n) is 6.60. The molecular weight excluding hydrogens is 514 g/mol. The van der Waals surface area contributed by atoms with Gasteiger partial charge in [0.2, 0.25) is 17.7 Å². The van der Waals surface area contributed by atoms with Crippen molar-refractivity contribution in [3.05, 3.63) is 25.3 Å². The van der Waals surface area contributed by atoms with E-state index in [0.29, 0.717) is 38.6 Å². The summed E-state index contributed by atoms with van der Waals surface area (Å²) < 4.78 is 12.2. The summed E-state index contributed by atoms with van der Waals surface area (Å²) >= 11 is 0. The molecule has 0 radical (unpaired) electrons. The molecule has 2 N–H and O–H groups in total. The molecule has 0 aromatic heterocycles. The molecule has 3 saturated heterocycles. The monoisotopic (exact) mass is 561 g/mol. The third kappa shape index (κ3) is 6.12. The lowest BCUT2D eigenvalue weighted by molar-refractivity contribution is -0.160. The van der Waals surface area contributed by atoms with Crippen molar-refractivity contribution in [2.45, 2.75) is 103 Å². The van der Waals surface area contributed by atoms with E-state index in [0.717, 1.165) is 0 Å². The van der Waals surface area contributed by atoms with Crippen LogP contribution in [0.3, 0.4) is 0 Å². The zero-order chi connectivity index (χ0) is 29.8. The minimum Gasteiger partial charge on any atom is -0.460 e. The summed E-state index contributed by atoms with van der Waals surface area (Å²) in [5, 5.41) is 13.1. The number of nitrogens with one attached hydrogen (secondary N) is 1. The quantitative estimate of drug-likeness (QED) is 0.232. The lowest BCUT2D eigenvalue weighted by atomic mass is 9.70. The predicted octanol–water partition coefficient (Wildman–Crippen LogP) is 2.21. The van der Waals surface area contributed by atoms with E-state index in [1.807, 2.05) is 27.7 Å². The van der Waals surface area contributed by atoms with Gasteiger partial charge in [-0.2, -0.15) is 0 Å². The molecule has 1 spiro atoms. The average molecular weight is 562 g/mol. The Morgan fingerprint density at radius 1 is 1.23 bits per heavy atom. The molecule has 3 aliphatic rings. The average Bonchev–Trinajstić information content (AvgIpc) is 3.54. The standard InChI is InChI=1S/C30H47N3O7/c1-8-10-11-23(35)31-16-20(7)39-29(38)24-22-12-13-30(40-22)25(24)27(36)33(21(17-34)15-18(3)4)26(30)28(37)32(14-9-2)19(5)6/h8-9,18-22,24-26,34H,1-2,10-17H2,3-7H3,(H,31,35)/t20-,21-,22-,24+,25+,26-,30+/m1/s1. The molecule has 224 valence electrons. The second kappa shape index (κ2) is 13.3. The Labute approximate surface area is 238 Å². The summed E-state index contributed by atoms with van der Waals surface area (Å²) in [6.07, 6.45) is 4.48. The summed E-state index contributed by atoms with van der Waals surface area (Å²) in [6, 6.07) is -1.71. The number of carbonyl (C=O) groups is 4. The number of hydrogen-bond donors (Lipinski definition) is 2. The Morgan fingerprint density at radius 3 is 2.50 bits per heavy atom. The highest BCUT2D eigenvalue weighted by Gasteiger charge is 2.75. The van der Waals surface area contributed by atoms with Crippen molar-refractivity contribution in [2.24, 2.45) is 17.8 Å². The Kier molecular flexibility index (Phi) is 10.6. The molecule has 7 atom stereocenters. The molecule has 3 fully saturated rings. The number of hydrogen-bond acceptors (Lipinski definition) is 7. The van der Waals surface area contributed by atoms with Crippen LogP contribution in [0.1, 0.15) is 66.7 Å². The number of nitrogens with zero attached hydrogens (tertiary/aromatic N) is 2. The van der Waals surface area contributed by atoms with Crippen LogP contribution in [0.5, 0.6) is 0 Å². The highest BCUT2D eigenvalue weighted by Crippen LogP contribution is 2.59. The van der Waals surface area contributed by atoms with Crippen LogP contribution in [0.15, 0.2) is 25.3 Å². The molecule has 0 aliphatic carbocycles. The fraction of sp³-hybridized carbons (Fsp3) is 0.733. The van der Waals surface area contributed by atoms with Gasteiger partial charge in [0.05, 0.1) is 37.1 Å². The first-order valence-corrected chi connectivity index (χ1v) is 14.5. The molecule has 3 aliphatic heterocycles. The third-order valence-corrected chi connectivity index (χ3v) is 8.30. The first kappa shape index (κ1) is 31.8. The Bertz CT molecular complexity index is 982. The maximum atomic E-state index is 14.2. The lowest BCUT2D eigenvalue weighted by Crippen LogP contribution is -2.59. The van der Waals surface area contributed by atoms with Crippen LogP contribution in [0.4, 0.5) is 0 Å². The number of amides is 3. The molecule has 0 aromatic rings. The molecule has 40 heavy (non-hydrogen) atoms. The van der Waals surface area contributed by atoms with Crippen molar-refractivity contribution in [1.29, 1.82) is 0 Å².